The summed E-state index contributed by atoms with van der Waals surface area (Å²) in [6.45, 7) is 6.43. The zero-order chi connectivity index (χ0) is 28.9. The third kappa shape index (κ3) is 7.66. The predicted octanol–water partition coefficient (Wildman–Crippen LogP) is 6.09. The van der Waals surface area contributed by atoms with Crippen LogP contribution in [0.3, 0.4) is 0 Å². The molecule has 3 aromatic carbocycles. The molecule has 1 atom stereocenters. The van der Waals surface area contributed by atoms with E-state index < -0.39 is 28.5 Å². The lowest BCUT2D eigenvalue weighted by Gasteiger charge is -2.32. The van der Waals surface area contributed by atoms with Crippen LogP contribution in [0.2, 0.25) is 15.1 Å². The molecule has 3 rings (SSSR count). The molecule has 0 saturated heterocycles. The third-order valence-corrected chi connectivity index (χ3v) is 8.92. The fraction of sp³-hybridized carbons (Fsp3) is 0.286. The van der Waals surface area contributed by atoms with E-state index in [4.69, 9.17) is 34.8 Å². The summed E-state index contributed by atoms with van der Waals surface area (Å²) in [5, 5.41) is 3.80. The molecule has 0 radical (unpaired) electrons. The Bertz CT molecular complexity index is 1450. The van der Waals surface area contributed by atoms with Crippen LogP contribution in [-0.2, 0) is 26.2 Å². The predicted molar refractivity (Wildman–Crippen MR) is 157 cm³/mol. The first kappa shape index (κ1) is 30.8. The summed E-state index contributed by atoms with van der Waals surface area (Å²) in [5.74, 6) is -0.974. The van der Waals surface area contributed by atoms with E-state index >= 15 is 0 Å². The van der Waals surface area contributed by atoms with Crippen LogP contribution < -0.4 is 9.62 Å². The molecule has 0 aromatic heterocycles. The molecule has 0 bridgehead atoms. The molecule has 39 heavy (non-hydrogen) atoms. The number of aryl methyl sites for hydroxylation is 1. The number of rotatable bonds is 10. The zero-order valence-electron chi connectivity index (χ0n) is 22.0. The molecule has 208 valence electrons. The van der Waals surface area contributed by atoms with Crippen molar-refractivity contribution < 1.29 is 18.0 Å². The Hall–Kier alpha value is -2.78. The lowest BCUT2D eigenvalue weighted by Crippen LogP contribution is -2.52. The number of hydrogen-bond donors (Lipinski definition) is 1. The highest BCUT2D eigenvalue weighted by Crippen LogP contribution is 2.29. The second kappa shape index (κ2) is 13.0. The molecule has 11 heteroatoms. The smallest absolute Gasteiger partial charge is 0.264 e. The zero-order valence-corrected chi connectivity index (χ0v) is 25.1. The Morgan fingerprint density at radius 3 is 2.13 bits per heavy atom. The molecule has 0 unspecified atom stereocenters. The quantitative estimate of drug-likeness (QED) is 0.301. The second-order valence-corrected chi connectivity index (χ2v) is 12.5. The van der Waals surface area contributed by atoms with Crippen molar-refractivity contribution in [3.63, 3.8) is 0 Å². The van der Waals surface area contributed by atoms with Crippen molar-refractivity contribution in [2.45, 2.75) is 51.2 Å². The largest absolute Gasteiger partial charge is 0.352 e. The lowest BCUT2D eigenvalue weighted by molar-refractivity contribution is -0.139. The molecule has 0 aliphatic heterocycles. The average Bonchev–Trinajstić information content (AvgIpc) is 2.89. The van der Waals surface area contributed by atoms with Gasteiger partial charge in [-0.1, -0.05) is 65.1 Å². The summed E-state index contributed by atoms with van der Waals surface area (Å²) in [6, 6.07) is 16.4. The molecular formula is C28H30Cl3N3O4S. The molecule has 0 heterocycles. The molecule has 0 saturated carbocycles. The van der Waals surface area contributed by atoms with Crippen LogP contribution in [0.25, 0.3) is 0 Å². The minimum Gasteiger partial charge on any atom is -0.352 e. The van der Waals surface area contributed by atoms with Gasteiger partial charge in [-0.05, 0) is 75.2 Å². The van der Waals surface area contributed by atoms with Gasteiger partial charge in [0.15, 0.2) is 0 Å². The summed E-state index contributed by atoms with van der Waals surface area (Å²) >= 11 is 18.6. The van der Waals surface area contributed by atoms with Crippen LogP contribution in [-0.4, -0.2) is 43.8 Å². The number of carbonyl (C=O) groups excluding carboxylic acids is 2. The van der Waals surface area contributed by atoms with Gasteiger partial charge < -0.3 is 10.2 Å². The molecule has 3 aromatic rings. The molecule has 2 amide bonds. The topological polar surface area (TPSA) is 86.8 Å². The highest BCUT2D eigenvalue weighted by atomic mass is 35.5. The number of amides is 2. The summed E-state index contributed by atoms with van der Waals surface area (Å²) in [4.78, 5) is 28.2. The minimum absolute atomic E-state index is 0.00369. The Balaban J connectivity index is 2.06. The molecule has 0 aliphatic rings. The van der Waals surface area contributed by atoms with Gasteiger partial charge in [0.05, 0.1) is 20.6 Å². The summed E-state index contributed by atoms with van der Waals surface area (Å²) in [5.41, 5.74) is 1.60. The van der Waals surface area contributed by atoms with E-state index in [2.05, 4.69) is 5.32 Å². The monoisotopic (exact) mass is 609 g/mol. The number of benzene rings is 3. The Morgan fingerprint density at radius 1 is 0.872 bits per heavy atom. The van der Waals surface area contributed by atoms with Crippen molar-refractivity contribution in [1.82, 2.24) is 10.2 Å². The van der Waals surface area contributed by atoms with Gasteiger partial charge in [-0.25, -0.2) is 8.42 Å². The van der Waals surface area contributed by atoms with Crippen LogP contribution in [0.15, 0.2) is 71.6 Å². The molecule has 0 fully saturated rings. The van der Waals surface area contributed by atoms with Gasteiger partial charge >= 0.3 is 0 Å². The van der Waals surface area contributed by atoms with E-state index in [0.29, 0.717) is 20.6 Å². The maximum atomic E-state index is 13.9. The molecular weight excluding hydrogens is 581 g/mol. The van der Waals surface area contributed by atoms with Crippen LogP contribution in [0.4, 0.5) is 5.69 Å². The van der Waals surface area contributed by atoms with E-state index in [0.717, 1.165) is 9.87 Å². The van der Waals surface area contributed by atoms with Crippen molar-refractivity contribution in [2.24, 2.45) is 0 Å². The Labute approximate surface area is 244 Å². The van der Waals surface area contributed by atoms with Gasteiger partial charge in [0.25, 0.3) is 10.0 Å². The average molecular weight is 611 g/mol. The van der Waals surface area contributed by atoms with Crippen molar-refractivity contribution >= 4 is 62.3 Å². The van der Waals surface area contributed by atoms with E-state index in [-0.39, 0.29) is 29.1 Å². The normalized spacial score (nSPS) is 12.2. The minimum atomic E-state index is -4.17. The van der Waals surface area contributed by atoms with Crippen LogP contribution in [0.1, 0.15) is 31.9 Å². The summed E-state index contributed by atoms with van der Waals surface area (Å²) < 4.78 is 28.6. The Kier molecular flexibility index (Phi) is 10.3. The highest BCUT2D eigenvalue weighted by molar-refractivity contribution is 7.92. The van der Waals surface area contributed by atoms with Crippen molar-refractivity contribution in [1.29, 1.82) is 0 Å². The Morgan fingerprint density at radius 2 is 1.54 bits per heavy atom. The van der Waals surface area contributed by atoms with Crippen LogP contribution >= 0.6 is 34.8 Å². The number of hydrogen-bond acceptors (Lipinski definition) is 4. The molecule has 0 spiro atoms. The number of nitrogens with one attached hydrogen (secondary N) is 1. The number of anilines is 1. The van der Waals surface area contributed by atoms with Crippen LogP contribution in [0.5, 0.6) is 0 Å². The fourth-order valence-corrected chi connectivity index (χ4v) is 5.73. The summed E-state index contributed by atoms with van der Waals surface area (Å²) in [6.07, 6.45) is 0. The van der Waals surface area contributed by atoms with Crippen molar-refractivity contribution in [2.75, 3.05) is 10.8 Å². The molecule has 1 N–H and O–H groups in total. The third-order valence-electron chi connectivity index (χ3n) is 5.99. The van der Waals surface area contributed by atoms with E-state index in [9.17, 15) is 18.0 Å². The molecule has 7 nitrogen and oxygen atoms in total. The van der Waals surface area contributed by atoms with Gasteiger partial charge in [0, 0.05) is 17.6 Å². The standard InChI is InChI=1S/C28H30Cl3N3O4S/c1-18(2)32-28(36)20(4)33(16-21-11-13-24(29)26(31)14-21)27(35)17-34(22-12-10-19(3)25(30)15-22)39(37,38)23-8-6-5-7-9-23/h5-15,18,20H,16-17H2,1-4H3,(H,32,36)/t20-/m0/s1. The number of sulfonamides is 1. The first-order valence-electron chi connectivity index (χ1n) is 12.2. The molecule has 0 aliphatic carbocycles. The van der Waals surface area contributed by atoms with Crippen LogP contribution in [0, 0.1) is 6.92 Å². The van der Waals surface area contributed by atoms with Gasteiger partial charge in [0.1, 0.15) is 12.6 Å². The number of carbonyl (C=O) groups is 2. The van der Waals surface area contributed by atoms with Gasteiger partial charge in [-0.2, -0.15) is 0 Å². The van der Waals surface area contributed by atoms with Gasteiger partial charge in [0.2, 0.25) is 11.8 Å². The van der Waals surface area contributed by atoms with Crippen molar-refractivity contribution in [3.05, 3.63) is 92.9 Å². The SMILES string of the molecule is Cc1ccc(N(CC(=O)N(Cc2ccc(Cl)c(Cl)c2)[C@@H](C)C(=O)NC(C)C)S(=O)(=O)c2ccccc2)cc1Cl. The lowest BCUT2D eigenvalue weighted by atomic mass is 10.1. The van der Waals surface area contributed by atoms with E-state index in [1.807, 2.05) is 13.8 Å². The van der Waals surface area contributed by atoms with E-state index in [1.165, 1.54) is 23.1 Å². The second-order valence-electron chi connectivity index (χ2n) is 9.37. The number of halogens is 3. The maximum Gasteiger partial charge on any atom is 0.264 e. The first-order valence-corrected chi connectivity index (χ1v) is 14.8. The summed E-state index contributed by atoms with van der Waals surface area (Å²) in [7, 11) is -4.17. The first-order chi connectivity index (χ1) is 18.3. The highest BCUT2D eigenvalue weighted by Gasteiger charge is 2.33. The number of nitrogens with zero attached hydrogens (tertiary/aromatic N) is 2. The maximum absolute atomic E-state index is 13.9. The fourth-order valence-electron chi connectivity index (χ4n) is 3.81. The van der Waals surface area contributed by atoms with E-state index in [1.54, 1.807) is 62.4 Å². The van der Waals surface area contributed by atoms with Crippen molar-refractivity contribution in [3.8, 4) is 0 Å². The van der Waals surface area contributed by atoms with Gasteiger partial charge in [-0.15, -0.1) is 0 Å². The van der Waals surface area contributed by atoms with Gasteiger partial charge in [-0.3, -0.25) is 13.9 Å².